The van der Waals surface area contributed by atoms with Crippen LogP contribution >= 0.6 is 0 Å². The van der Waals surface area contributed by atoms with Crippen LogP contribution in [0.5, 0.6) is 0 Å². The maximum atomic E-state index is 6.48. The van der Waals surface area contributed by atoms with Gasteiger partial charge < -0.3 is 10.5 Å². The van der Waals surface area contributed by atoms with Gasteiger partial charge in [-0.2, -0.15) is 0 Å². The molecule has 0 radical (unpaired) electrons. The van der Waals surface area contributed by atoms with Gasteiger partial charge in [0.25, 0.3) is 0 Å². The van der Waals surface area contributed by atoms with E-state index in [2.05, 4.69) is 0 Å². The standard InChI is InChI=1S/C14H25NO/c1-16-3-2-13(15)14-7-10-4-11(8-14)6-12(5-10)9-14/h10-13H,2-9,15H2,1H3. The van der Waals surface area contributed by atoms with E-state index in [-0.39, 0.29) is 0 Å². The minimum Gasteiger partial charge on any atom is -0.385 e. The molecule has 2 heteroatoms. The van der Waals surface area contributed by atoms with Crippen LogP contribution in [0.1, 0.15) is 44.9 Å². The number of rotatable bonds is 4. The van der Waals surface area contributed by atoms with E-state index in [1.807, 2.05) is 0 Å². The molecule has 0 aromatic heterocycles. The van der Waals surface area contributed by atoms with Crippen molar-refractivity contribution in [3.63, 3.8) is 0 Å². The highest BCUT2D eigenvalue weighted by atomic mass is 16.5. The molecule has 92 valence electrons. The number of ether oxygens (including phenoxy) is 1. The van der Waals surface area contributed by atoms with Gasteiger partial charge in [-0.1, -0.05) is 0 Å². The van der Waals surface area contributed by atoms with E-state index in [1.54, 1.807) is 7.11 Å². The van der Waals surface area contributed by atoms with Gasteiger partial charge >= 0.3 is 0 Å². The van der Waals surface area contributed by atoms with Crippen molar-refractivity contribution >= 4 is 0 Å². The maximum Gasteiger partial charge on any atom is 0.0477 e. The van der Waals surface area contributed by atoms with Crippen LogP contribution in [-0.2, 0) is 4.74 Å². The first-order valence-electron chi connectivity index (χ1n) is 6.96. The minimum atomic E-state index is 0.390. The summed E-state index contributed by atoms with van der Waals surface area (Å²) < 4.78 is 5.20. The molecule has 0 aromatic carbocycles. The molecule has 4 bridgehead atoms. The van der Waals surface area contributed by atoms with E-state index in [9.17, 15) is 0 Å². The zero-order chi connectivity index (χ0) is 11.2. The predicted octanol–water partition coefficient (Wildman–Crippen LogP) is 2.57. The zero-order valence-electron chi connectivity index (χ0n) is 10.5. The van der Waals surface area contributed by atoms with Crippen LogP contribution in [-0.4, -0.2) is 19.8 Å². The fourth-order valence-electron chi connectivity index (χ4n) is 5.18. The Hall–Kier alpha value is -0.0800. The van der Waals surface area contributed by atoms with Crippen LogP contribution in [0.2, 0.25) is 0 Å². The first kappa shape index (κ1) is 11.0. The molecule has 0 amide bonds. The van der Waals surface area contributed by atoms with Gasteiger partial charge in [0.05, 0.1) is 0 Å². The summed E-state index contributed by atoms with van der Waals surface area (Å²) in [6.45, 7) is 0.836. The summed E-state index contributed by atoms with van der Waals surface area (Å²) in [7, 11) is 1.78. The highest BCUT2D eigenvalue weighted by Crippen LogP contribution is 2.61. The molecule has 4 fully saturated rings. The van der Waals surface area contributed by atoms with Gasteiger partial charge in [-0.05, 0) is 68.1 Å². The van der Waals surface area contributed by atoms with Crippen LogP contribution in [0.4, 0.5) is 0 Å². The average Bonchev–Trinajstić information content (AvgIpc) is 2.24. The molecule has 0 heterocycles. The molecule has 0 aromatic rings. The molecule has 0 spiro atoms. The first-order valence-corrected chi connectivity index (χ1v) is 6.96. The Morgan fingerprint density at radius 3 is 2.06 bits per heavy atom. The fraction of sp³-hybridized carbons (Fsp3) is 1.00. The third kappa shape index (κ3) is 1.70. The van der Waals surface area contributed by atoms with E-state index in [1.165, 1.54) is 38.5 Å². The second kappa shape index (κ2) is 3.99. The first-order chi connectivity index (χ1) is 7.72. The third-order valence-corrected chi connectivity index (χ3v) is 5.51. The molecule has 16 heavy (non-hydrogen) atoms. The van der Waals surface area contributed by atoms with Crippen LogP contribution in [0, 0.1) is 23.2 Å². The Balaban J connectivity index is 1.72. The lowest BCUT2D eigenvalue weighted by atomic mass is 9.47. The molecule has 1 atom stereocenters. The van der Waals surface area contributed by atoms with E-state index in [0.717, 1.165) is 30.8 Å². The van der Waals surface area contributed by atoms with Crippen molar-refractivity contribution in [2.45, 2.75) is 51.0 Å². The summed E-state index contributed by atoms with van der Waals surface area (Å²) in [4.78, 5) is 0. The largest absolute Gasteiger partial charge is 0.385 e. The smallest absolute Gasteiger partial charge is 0.0477 e. The summed E-state index contributed by atoms with van der Waals surface area (Å²) in [5.41, 5.74) is 6.99. The van der Waals surface area contributed by atoms with Gasteiger partial charge in [-0.15, -0.1) is 0 Å². The van der Waals surface area contributed by atoms with Crippen LogP contribution in [0.15, 0.2) is 0 Å². The lowest BCUT2D eigenvalue weighted by Crippen LogP contribution is -2.54. The third-order valence-electron chi connectivity index (χ3n) is 5.51. The van der Waals surface area contributed by atoms with Crippen molar-refractivity contribution in [3.8, 4) is 0 Å². The van der Waals surface area contributed by atoms with E-state index in [0.29, 0.717) is 11.5 Å². The number of nitrogens with two attached hydrogens (primary N) is 1. The lowest BCUT2D eigenvalue weighted by molar-refractivity contribution is -0.0706. The molecule has 2 N–H and O–H groups in total. The summed E-state index contributed by atoms with van der Waals surface area (Å²) in [6.07, 6.45) is 9.85. The summed E-state index contributed by atoms with van der Waals surface area (Å²) in [5, 5.41) is 0. The molecule has 0 saturated heterocycles. The Morgan fingerprint density at radius 1 is 1.12 bits per heavy atom. The van der Waals surface area contributed by atoms with Crippen LogP contribution in [0.3, 0.4) is 0 Å². The molecular weight excluding hydrogens is 198 g/mol. The maximum absolute atomic E-state index is 6.48. The van der Waals surface area contributed by atoms with Crippen molar-refractivity contribution in [1.82, 2.24) is 0 Å². The van der Waals surface area contributed by atoms with E-state index < -0.39 is 0 Å². The highest BCUT2D eigenvalue weighted by Gasteiger charge is 2.53. The second-order valence-corrected chi connectivity index (χ2v) is 6.67. The SMILES string of the molecule is COCCC(N)C12CC3CC(CC(C3)C1)C2. The fourth-order valence-corrected chi connectivity index (χ4v) is 5.18. The van der Waals surface area contributed by atoms with Crippen molar-refractivity contribution in [2.75, 3.05) is 13.7 Å². The quantitative estimate of drug-likeness (QED) is 0.795. The summed E-state index contributed by atoms with van der Waals surface area (Å²) in [6, 6.07) is 0.390. The molecular formula is C14H25NO. The Morgan fingerprint density at radius 2 is 1.62 bits per heavy atom. The van der Waals surface area contributed by atoms with Crippen LogP contribution < -0.4 is 5.73 Å². The lowest BCUT2D eigenvalue weighted by Gasteiger charge is -2.59. The topological polar surface area (TPSA) is 35.2 Å². The van der Waals surface area contributed by atoms with E-state index >= 15 is 0 Å². The Labute approximate surface area is 98.9 Å². The monoisotopic (exact) mass is 223 g/mol. The normalized spacial score (nSPS) is 47.2. The highest BCUT2D eigenvalue weighted by molar-refractivity contribution is 5.05. The van der Waals surface area contributed by atoms with Gasteiger partial charge in [0, 0.05) is 19.8 Å². The van der Waals surface area contributed by atoms with Gasteiger partial charge in [-0.3, -0.25) is 0 Å². The second-order valence-electron chi connectivity index (χ2n) is 6.67. The average molecular weight is 223 g/mol. The summed E-state index contributed by atoms with van der Waals surface area (Å²) in [5.74, 6) is 3.04. The number of hydrogen-bond donors (Lipinski definition) is 1. The molecule has 4 rings (SSSR count). The van der Waals surface area contributed by atoms with Crippen molar-refractivity contribution in [2.24, 2.45) is 28.9 Å². The van der Waals surface area contributed by atoms with Gasteiger partial charge in [0.1, 0.15) is 0 Å². The Bertz CT molecular complexity index is 228. The summed E-state index contributed by atoms with van der Waals surface area (Å²) >= 11 is 0. The molecule has 1 unspecified atom stereocenters. The van der Waals surface area contributed by atoms with Crippen molar-refractivity contribution in [3.05, 3.63) is 0 Å². The molecule has 4 saturated carbocycles. The molecule has 2 nitrogen and oxygen atoms in total. The number of methoxy groups -OCH3 is 1. The zero-order valence-corrected chi connectivity index (χ0v) is 10.5. The van der Waals surface area contributed by atoms with Gasteiger partial charge in [0.15, 0.2) is 0 Å². The molecule has 4 aliphatic carbocycles. The minimum absolute atomic E-state index is 0.390. The van der Waals surface area contributed by atoms with Crippen molar-refractivity contribution in [1.29, 1.82) is 0 Å². The van der Waals surface area contributed by atoms with Crippen LogP contribution in [0.25, 0.3) is 0 Å². The predicted molar refractivity (Wildman–Crippen MR) is 65.1 cm³/mol. The number of hydrogen-bond acceptors (Lipinski definition) is 2. The Kier molecular flexibility index (Phi) is 2.75. The van der Waals surface area contributed by atoms with E-state index in [4.69, 9.17) is 10.5 Å². The van der Waals surface area contributed by atoms with Crippen molar-refractivity contribution < 1.29 is 4.74 Å². The van der Waals surface area contributed by atoms with Gasteiger partial charge in [-0.25, -0.2) is 0 Å². The van der Waals surface area contributed by atoms with Gasteiger partial charge in [0.2, 0.25) is 0 Å². The molecule has 0 aliphatic heterocycles. The molecule has 4 aliphatic rings.